The van der Waals surface area contributed by atoms with E-state index >= 15 is 0 Å². The third kappa shape index (κ3) is 2.23. The molecular weight excluding hydrogens is 346 g/mol. The fourth-order valence-electron chi connectivity index (χ4n) is 4.43. The van der Waals surface area contributed by atoms with E-state index in [-0.39, 0.29) is 0 Å². The van der Waals surface area contributed by atoms with Crippen molar-refractivity contribution in [2.45, 2.75) is 13.3 Å². The summed E-state index contributed by atoms with van der Waals surface area (Å²) in [6.45, 7) is 2.29. The Morgan fingerprint density at radius 3 is 2.78 bits per heavy atom. The Bertz CT molecular complexity index is 1370. The van der Waals surface area contributed by atoms with Gasteiger partial charge in [-0.3, -0.25) is 0 Å². The van der Waals surface area contributed by atoms with Crippen molar-refractivity contribution in [1.29, 1.82) is 0 Å². The minimum atomic E-state index is 0.614. The van der Waals surface area contributed by atoms with Gasteiger partial charge in [-0.05, 0) is 47.2 Å². The fraction of sp³-hybridized carbons (Fsp3) is 0.120. The molecular formula is C25H19NS. The molecule has 1 unspecified atom stereocenters. The van der Waals surface area contributed by atoms with Gasteiger partial charge in [0.1, 0.15) is 0 Å². The molecule has 0 bridgehead atoms. The summed E-state index contributed by atoms with van der Waals surface area (Å²) >= 11 is 1.89. The lowest BCUT2D eigenvalue weighted by Crippen LogP contribution is -2.01. The van der Waals surface area contributed by atoms with Crippen molar-refractivity contribution in [1.82, 2.24) is 4.98 Å². The van der Waals surface area contributed by atoms with Crippen molar-refractivity contribution in [3.05, 3.63) is 78.0 Å². The first-order valence-corrected chi connectivity index (χ1v) is 10.3. The summed E-state index contributed by atoms with van der Waals surface area (Å²) in [6.07, 6.45) is 5.67. The highest BCUT2D eigenvalue weighted by atomic mass is 32.1. The van der Waals surface area contributed by atoms with Crippen molar-refractivity contribution < 1.29 is 0 Å². The summed E-state index contributed by atoms with van der Waals surface area (Å²) in [6, 6.07) is 22.3. The van der Waals surface area contributed by atoms with Crippen LogP contribution in [0.2, 0.25) is 0 Å². The van der Waals surface area contributed by atoms with Gasteiger partial charge in [-0.2, -0.15) is 0 Å². The molecule has 0 aliphatic heterocycles. The molecule has 27 heavy (non-hydrogen) atoms. The Labute approximate surface area is 162 Å². The van der Waals surface area contributed by atoms with Crippen molar-refractivity contribution in [3.8, 4) is 11.1 Å². The second-order valence-electron chi connectivity index (χ2n) is 7.60. The van der Waals surface area contributed by atoms with Gasteiger partial charge in [-0.1, -0.05) is 61.5 Å². The normalized spacial score (nSPS) is 16.4. The lowest BCUT2D eigenvalue weighted by atomic mass is 9.93. The third-order valence-corrected chi connectivity index (χ3v) is 6.99. The van der Waals surface area contributed by atoms with Crippen LogP contribution in [0, 0.1) is 5.92 Å². The standard InChI is InChI=1S/C25H19NS/c1-15-9-12-22-21(13-15)18-11-10-16(14-23(18)26-22)17-6-4-7-20-19-5-2-3-8-24(19)27-25(17)20/h2-12,14-15,26H,13H2,1H3. The second kappa shape index (κ2) is 5.58. The van der Waals surface area contributed by atoms with Gasteiger partial charge in [-0.25, -0.2) is 0 Å². The number of nitrogens with one attached hydrogen (secondary N) is 1. The van der Waals surface area contributed by atoms with Crippen LogP contribution in [0.3, 0.4) is 0 Å². The van der Waals surface area contributed by atoms with Crippen LogP contribution in [0.5, 0.6) is 0 Å². The Morgan fingerprint density at radius 2 is 1.81 bits per heavy atom. The molecule has 2 aromatic heterocycles. The number of hydrogen-bond acceptors (Lipinski definition) is 1. The lowest BCUT2D eigenvalue weighted by molar-refractivity contribution is 0.720. The molecule has 130 valence electrons. The monoisotopic (exact) mass is 365 g/mol. The van der Waals surface area contributed by atoms with E-state index in [0.717, 1.165) is 6.42 Å². The zero-order chi connectivity index (χ0) is 18.0. The summed E-state index contributed by atoms with van der Waals surface area (Å²) in [5.41, 5.74) is 6.60. The summed E-state index contributed by atoms with van der Waals surface area (Å²) in [4.78, 5) is 3.64. The molecule has 2 heteroatoms. The van der Waals surface area contributed by atoms with E-state index in [1.165, 1.54) is 53.5 Å². The predicted molar refractivity (Wildman–Crippen MR) is 119 cm³/mol. The van der Waals surface area contributed by atoms with E-state index in [2.05, 4.69) is 84.7 Å². The zero-order valence-electron chi connectivity index (χ0n) is 15.1. The number of benzene rings is 3. The van der Waals surface area contributed by atoms with E-state index in [4.69, 9.17) is 0 Å². The summed E-state index contributed by atoms with van der Waals surface area (Å²) in [5, 5.41) is 4.08. The van der Waals surface area contributed by atoms with Gasteiger partial charge < -0.3 is 4.98 Å². The largest absolute Gasteiger partial charge is 0.355 e. The van der Waals surface area contributed by atoms with Crippen molar-refractivity contribution in [3.63, 3.8) is 0 Å². The number of hydrogen-bond donors (Lipinski definition) is 1. The molecule has 0 radical (unpaired) electrons. The van der Waals surface area contributed by atoms with Crippen LogP contribution in [-0.2, 0) is 6.42 Å². The third-order valence-electron chi connectivity index (χ3n) is 5.77. The fourth-order valence-corrected chi connectivity index (χ4v) is 5.67. The van der Waals surface area contributed by atoms with Gasteiger partial charge >= 0.3 is 0 Å². The number of aromatic amines is 1. The number of fused-ring (bicyclic) bond motifs is 6. The average molecular weight is 366 g/mol. The molecule has 1 nitrogen and oxygen atoms in total. The van der Waals surface area contributed by atoms with E-state index < -0.39 is 0 Å². The first-order chi connectivity index (χ1) is 13.3. The van der Waals surface area contributed by atoms with Crippen LogP contribution in [0.1, 0.15) is 18.2 Å². The number of thiophene rings is 1. The van der Waals surface area contributed by atoms with E-state index in [1.54, 1.807) is 0 Å². The van der Waals surface area contributed by atoms with Gasteiger partial charge in [0.25, 0.3) is 0 Å². The lowest BCUT2D eigenvalue weighted by Gasteiger charge is -2.11. The van der Waals surface area contributed by atoms with Gasteiger partial charge in [-0.15, -0.1) is 11.3 Å². The summed E-state index contributed by atoms with van der Waals surface area (Å²) in [7, 11) is 0. The Balaban J connectivity index is 1.59. The van der Waals surface area contributed by atoms with E-state index in [1.807, 2.05) is 11.3 Å². The quantitative estimate of drug-likeness (QED) is 0.318. The summed E-state index contributed by atoms with van der Waals surface area (Å²) in [5.74, 6) is 0.614. The van der Waals surface area contributed by atoms with Crippen molar-refractivity contribution in [2.24, 2.45) is 5.92 Å². The smallest absolute Gasteiger partial charge is 0.0467 e. The Morgan fingerprint density at radius 1 is 0.926 bits per heavy atom. The van der Waals surface area contributed by atoms with Crippen LogP contribution >= 0.6 is 11.3 Å². The summed E-state index contributed by atoms with van der Waals surface area (Å²) < 4.78 is 2.73. The average Bonchev–Trinajstić information content (AvgIpc) is 3.25. The van der Waals surface area contributed by atoms with Crippen LogP contribution in [0.15, 0.2) is 66.7 Å². The molecule has 3 aromatic carbocycles. The van der Waals surface area contributed by atoms with Gasteiger partial charge in [0.15, 0.2) is 0 Å². The predicted octanol–water partition coefficient (Wildman–Crippen LogP) is 7.41. The molecule has 1 aliphatic carbocycles. The molecule has 6 rings (SSSR count). The number of aromatic nitrogens is 1. The molecule has 0 spiro atoms. The Hall–Kier alpha value is -2.84. The highest BCUT2D eigenvalue weighted by Crippen LogP contribution is 2.41. The van der Waals surface area contributed by atoms with E-state index in [9.17, 15) is 0 Å². The van der Waals surface area contributed by atoms with Crippen molar-refractivity contribution in [2.75, 3.05) is 0 Å². The molecule has 1 atom stereocenters. The minimum Gasteiger partial charge on any atom is -0.355 e. The van der Waals surface area contributed by atoms with Gasteiger partial charge in [0, 0.05) is 36.8 Å². The zero-order valence-corrected chi connectivity index (χ0v) is 15.9. The minimum absolute atomic E-state index is 0.614. The van der Waals surface area contributed by atoms with Crippen LogP contribution in [0.25, 0.3) is 48.3 Å². The molecule has 2 heterocycles. The highest BCUT2D eigenvalue weighted by molar-refractivity contribution is 7.26. The molecule has 0 amide bonds. The highest BCUT2D eigenvalue weighted by Gasteiger charge is 2.17. The number of allylic oxidation sites excluding steroid dienone is 1. The maximum absolute atomic E-state index is 3.64. The van der Waals surface area contributed by atoms with Crippen LogP contribution in [-0.4, -0.2) is 4.98 Å². The first-order valence-electron chi connectivity index (χ1n) is 9.51. The number of rotatable bonds is 1. The van der Waals surface area contributed by atoms with Crippen molar-refractivity contribution >= 4 is 48.5 Å². The molecule has 1 aliphatic rings. The van der Waals surface area contributed by atoms with Crippen LogP contribution < -0.4 is 0 Å². The van der Waals surface area contributed by atoms with Gasteiger partial charge in [0.2, 0.25) is 0 Å². The molecule has 0 saturated carbocycles. The molecule has 1 N–H and O–H groups in total. The second-order valence-corrected chi connectivity index (χ2v) is 8.65. The maximum Gasteiger partial charge on any atom is 0.0467 e. The SMILES string of the molecule is CC1C=Cc2[nH]c3cc(-c4cccc5c4sc4ccccc45)ccc3c2C1. The Kier molecular flexibility index (Phi) is 3.15. The first kappa shape index (κ1) is 15.2. The molecule has 5 aromatic rings. The molecule has 0 fully saturated rings. The maximum atomic E-state index is 3.64. The van der Waals surface area contributed by atoms with Crippen LogP contribution in [0.4, 0.5) is 0 Å². The van der Waals surface area contributed by atoms with E-state index in [0.29, 0.717) is 5.92 Å². The molecule has 0 saturated heterocycles. The topological polar surface area (TPSA) is 15.8 Å². The van der Waals surface area contributed by atoms with Gasteiger partial charge in [0.05, 0.1) is 0 Å². The number of H-pyrrole nitrogens is 1.